The Hall–Kier alpha value is -3.71. The van der Waals surface area contributed by atoms with E-state index in [1.807, 2.05) is 0 Å². The lowest BCUT2D eigenvalue weighted by Gasteiger charge is -2.45. The van der Waals surface area contributed by atoms with Crippen LogP contribution in [-0.4, -0.2) is 47.3 Å². The lowest BCUT2D eigenvalue weighted by molar-refractivity contribution is 0.0988. The van der Waals surface area contributed by atoms with Gasteiger partial charge in [-0.15, -0.1) is 0 Å². The number of hydrogen-bond donors (Lipinski definition) is 1. The van der Waals surface area contributed by atoms with Crippen molar-refractivity contribution in [1.29, 1.82) is 0 Å². The molecule has 174 valence electrons. The number of aromatic nitrogens is 2. The lowest BCUT2D eigenvalue weighted by atomic mass is 9.85. The zero-order chi connectivity index (χ0) is 24.5. The first-order chi connectivity index (χ1) is 16.0. The number of fused-ring (bicyclic) bond motifs is 1. The Labute approximate surface area is 196 Å². The van der Waals surface area contributed by atoms with E-state index in [2.05, 4.69) is 20.7 Å². The molecule has 2 N–H and O–H groups in total. The van der Waals surface area contributed by atoms with E-state index in [1.54, 1.807) is 55.0 Å². The van der Waals surface area contributed by atoms with Crippen LogP contribution in [0.15, 0.2) is 47.7 Å². The highest BCUT2D eigenvalue weighted by molar-refractivity contribution is 8.00. The van der Waals surface area contributed by atoms with Gasteiger partial charge >= 0.3 is 0 Å². The maximum Gasteiger partial charge on any atom is 0.203 e. The first-order valence-corrected chi connectivity index (χ1v) is 12.4. The second-order valence-electron chi connectivity index (χ2n) is 8.98. The number of benzene rings is 1. The number of Topliss-reactive ketones (excluding diaryl/α,β-unsaturated/α-hetero) is 1. The molecule has 1 aromatic carbocycles. The highest BCUT2D eigenvalue weighted by Crippen LogP contribution is 2.60. The van der Waals surface area contributed by atoms with E-state index < -0.39 is 25.8 Å². The normalized spacial score (nSPS) is 25.2. The third-order valence-electron chi connectivity index (χ3n) is 7.08. The van der Waals surface area contributed by atoms with Crippen LogP contribution in [0.4, 0.5) is 10.1 Å². The molecule has 3 heterocycles. The number of nitrogens with two attached hydrogens (primary N) is 1. The molecule has 0 amide bonds. The predicted octanol–water partition coefficient (Wildman–Crippen LogP) is 3.09. The Bertz CT molecular complexity index is 1550. The van der Waals surface area contributed by atoms with Crippen molar-refractivity contribution in [2.75, 3.05) is 7.05 Å². The van der Waals surface area contributed by atoms with E-state index in [-0.39, 0.29) is 29.4 Å². The van der Waals surface area contributed by atoms with Gasteiger partial charge in [-0.1, -0.05) is 6.07 Å². The summed E-state index contributed by atoms with van der Waals surface area (Å²) in [5.41, 5.74) is 6.91. The molecule has 34 heavy (non-hydrogen) atoms. The van der Waals surface area contributed by atoms with Crippen LogP contribution < -0.4 is 5.73 Å². The second kappa shape index (κ2) is 7.14. The van der Waals surface area contributed by atoms with Crippen molar-refractivity contribution in [2.45, 2.75) is 36.5 Å². The molecule has 1 aliphatic heterocycles. The molecule has 1 fully saturated rings. The summed E-state index contributed by atoms with van der Waals surface area (Å²) in [6, 6.07) is 7.72. The predicted molar refractivity (Wildman–Crippen MR) is 130 cm³/mol. The highest BCUT2D eigenvalue weighted by atomic mass is 32.2. The van der Waals surface area contributed by atoms with Crippen LogP contribution in [0.1, 0.15) is 41.4 Å². The first-order valence-electron chi connectivity index (χ1n) is 10.7. The fraction of sp³-hybridized carbons (Fsp3) is 0.292. The number of imidazole rings is 1. The summed E-state index contributed by atoms with van der Waals surface area (Å²) in [7, 11) is -1.25. The van der Waals surface area contributed by atoms with Crippen LogP contribution in [0.2, 0.25) is 0 Å². The van der Waals surface area contributed by atoms with Gasteiger partial charge in [0.15, 0.2) is 11.5 Å². The average Bonchev–Trinajstić information content (AvgIpc) is 3.53. The fourth-order valence-electron chi connectivity index (χ4n) is 4.86. The van der Waals surface area contributed by atoms with Gasteiger partial charge in [0.2, 0.25) is 5.96 Å². The summed E-state index contributed by atoms with van der Waals surface area (Å²) in [4.78, 5) is 25.3. The van der Waals surface area contributed by atoms with Crippen LogP contribution in [0.3, 0.4) is 0 Å². The number of ketones is 1. The minimum absolute atomic E-state index is 0.00519. The molecule has 10 heteroatoms. The number of carbonyl (C=O) groups is 1. The molecule has 0 radical (unpaired) electrons. The van der Waals surface area contributed by atoms with E-state index in [4.69, 9.17) is 12.3 Å². The molecule has 2 aliphatic rings. The molecule has 0 bridgehead atoms. The van der Waals surface area contributed by atoms with Crippen LogP contribution >= 0.6 is 0 Å². The molecular weight excluding hydrogens is 455 g/mol. The van der Waals surface area contributed by atoms with Crippen molar-refractivity contribution in [3.63, 3.8) is 0 Å². The molecule has 2 atom stereocenters. The van der Waals surface area contributed by atoms with E-state index in [0.717, 1.165) is 0 Å². The topological polar surface area (TPSA) is 97.4 Å². The summed E-state index contributed by atoms with van der Waals surface area (Å²) in [6.07, 6.45) is 4.45. The molecule has 1 saturated carbocycles. The van der Waals surface area contributed by atoms with Gasteiger partial charge in [0.05, 0.1) is 21.0 Å². The third-order valence-corrected chi connectivity index (χ3v) is 10.2. The van der Waals surface area contributed by atoms with Crippen molar-refractivity contribution in [1.82, 2.24) is 13.7 Å². The minimum Gasteiger partial charge on any atom is -0.369 e. The van der Waals surface area contributed by atoms with E-state index >= 15 is 4.39 Å². The fourth-order valence-corrected chi connectivity index (χ4v) is 7.24. The number of pyridine rings is 1. The second-order valence-corrected chi connectivity index (χ2v) is 11.6. The standard InChI is InChI=1S/C24H23FN6O2S/c1-23(24(8-9-24)34(4,33)30(3)22(26)29-23)17-11-15(5-6-18(17)25)12-20(32)19-14-31-10-7-16(27-2)13-21(31)28-19/h5-7,10-11,13-14H,4,8-9,12H2,1,3H3,(H2,26,29)/t23-,34?/m1/s1. The number of guanidine groups is 1. The molecular formula is C24H23FN6O2S. The van der Waals surface area contributed by atoms with Crippen molar-refractivity contribution < 1.29 is 13.4 Å². The van der Waals surface area contributed by atoms with Crippen molar-refractivity contribution in [2.24, 2.45) is 10.7 Å². The lowest BCUT2D eigenvalue weighted by Crippen LogP contribution is -2.58. The molecule has 1 aliphatic carbocycles. The van der Waals surface area contributed by atoms with Crippen molar-refractivity contribution in [3.8, 4) is 0 Å². The SMILES string of the molecule is [C-]#[N+]c1ccn2cc(C(=O)Cc3ccc(F)c([C@@]4(C)N=C(N)N(C)S(=C)(=O)C45CC5)c3)nc2c1. The van der Waals surface area contributed by atoms with Crippen LogP contribution in [-0.2, 0) is 21.7 Å². The molecule has 0 saturated heterocycles. The van der Waals surface area contributed by atoms with E-state index in [1.165, 1.54) is 10.4 Å². The van der Waals surface area contributed by atoms with E-state index in [0.29, 0.717) is 29.7 Å². The first kappa shape index (κ1) is 22.1. The van der Waals surface area contributed by atoms with Crippen molar-refractivity contribution >= 4 is 38.7 Å². The monoisotopic (exact) mass is 478 g/mol. The smallest absolute Gasteiger partial charge is 0.203 e. The zero-order valence-corrected chi connectivity index (χ0v) is 19.6. The van der Waals surface area contributed by atoms with E-state index in [9.17, 15) is 9.00 Å². The number of hydrogen-bond acceptors (Lipinski definition) is 5. The maximum atomic E-state index is 15.2. The number of halogens is 1. The quantitative estimate of drug-likeness (QED) is 0.354. The largest absolute Gasteiger partial charge is 0.369 e. The number of aliphatic imine (C=N–C) groups is 1. The van der Waals surface area contributed by atoms with Crippen LogP contribution in [0, 0.1) is 12.4 Å². The van der Waals surface area contributed by atoms with Gasteiger partial charge in [-0.2, -0.15) is 0 Å². The molecule has 5 rings (SSSR count). The van der Waals surface area contributed by atoms with Gasteiger partial charge in [0.25, 0.3) is 0 Å². The Morgan fingerprint density at radius 1 is 1.35 bits per heavy atom. The average molecular weight is 479 g/mol. The van der Waals surface area contributed by atoms with Gasteiger partial charge in [-0.3, -0.25) is 9.10 Å². The van der Waals surface area contributed by atoms with Gasteiger partial charge in [0.1, 0.15) is 22.7 Å². The summed E-state index contributed by atoms with van der Waals surface area (Å²) < 4.78 is 31.0. The molecule has 8 nitrogen and oxygen atoms in total. The number of carbonyl (C=O) groups excluding carboxylic acids is 1. The minimum atomic E-state index is -2.84. The number of rotatable bonds is 4. The Morgan fingerprint density at radius 3 is 2.76 bits per heavy atom. The summed E-state index contributed by atoms with van der Waals surface area (Å²) in [5, 5.41) is 0. The Kier molecular flexibility index (Phi) is 4.64. The molecule has 2 aromatic heterocycles. The molecule has 1 spiro atoms. The van der Waals surface area contributed by atoms with Gasteiger partial charge in [-0.25, -0.2) is 23.4 Å². The molecule has 1 unspecified atom stereocenters. The number of nitrogens with zero attached hydrogens (tertiary/aromatic N) is 5. The Balaban J connectivity index is 1.52. The summed E-state index contributed by atoms with van der Waals surface area (Å²) in [6.45, 7) is 8.87. The summed E-state index contributed by atoms with van der Waals surface area (Å²) >= 11 is 0. The Morgan fingerprint density at radius 2 is 2.09 bits per heavy atom. The molecule has 3 aromatic rings. The van der Waals surface area contributed by atoms with Crippen molar-refractivity contribution in [3.05, 3.63) is 76.8 Å². The maximum absolute atomic E-state index is 15.2. The van der Waals surface area contributed by atoms with Gasteiger partial charge in [0, 0.05) is 25.2 Å². The third kappa shape index (κ3) is 2.97. The highest BCUT2D eigenvalue weighted by Gasteiger charge is 2.67. The zero-order valence-electron chi connectivity index (χ0n) is 18.8. The van der Waals surface area contributed by atoms with Crippen LogP contribution in [0.25, 0.3) is 10.5 Å². The van der Waals surface area contributed by atoms with Gasteiger partial charge in [-0.05, 0) is 61.7 Å². The summed E-state index contributed by atoms with van der Waals surface area (Å²) in [5.74, 6) is 3.26. The van der Waals surface area contributed by atoms with Gasteiger partial charge < -0.3 is 10.1 Å². The van der Waals surface area contributed by atoms with Crippen LogP contribution in [0.5, 0.6) is 0 Å².